The minimum Gasteiger partial charge on any atom is -0.434 e. The van der Waals surface area contributed by atoms with Crippen molar-refractivity contribution >= 4 is 11.6 Å². The second kappa shape index (κ2) is 8.21. The first-order valence-corrected chi connectivity index (χ1v) is 12.7. The molecule has 3 N–H and O–H groups in total. The molecule has 40 heavy (non-hydrogen) atoms. The monoisotopic (exact) mass is 551 g/mol. The van der Waals surface area contributed by atoms with Crippen LogP contribution in [0.4, 0.5) is 13.2 Å². The average Bonchev–Trinajstić information content (AvgIpc) is 3.39. The molecule has 206 valence electrons. The van der Waals surface area contributed by atoms with Crippen LogP contribution in [0.15, 0.2) is 36.8 Å². The molecule has 0 radical (unpaired) electrons. The predicted octanol–water partition coefficient (Wildman–Crippen LogP) is 3.29. The highest BCUT2D eigenvalue weighted by molar-refractivity contribution is 5.98. The normalized spacial score (nSPS) is 27.0. The first kappa shape index (κ1) is 24.9. The van der Waals surface area contributed by atoms with Gasteiger partial charge in [0.2, 0.25) is 0 Å². The lowest BCUT2D eigenvalue weighted by Crippen LogP contribution is -2.59. The van der Waals surface area contributed by atoms with Crippen molar-refractivity contribution < 1.29 is 27.8 Å². The molecule has 1 amide bonds. The smallest absolute Gasteiger partial charge is 0.387 e. The lowest BCUT2D eigenvalue weighted by atomic mass is 9.66. The zero-order valence-corrected chi connectivity index (χ0v) is 21.5. The topological polar surface area (TPSA) is 132 Å². The Kier molecular flexibility index (Phi) is 5.11. The average molecular weight is 552 g/mol. The van der Waals surface area contributed by atoms with Crippen molar-refractivity contribution in [2.45, 2.75) is 55.9 Å². The molecule has 13 heteroatoms. The Morgan fingerprint density at radius 2 is 1.93 bits per heavy atom. The van der Waals surface area contributed by atoms with Gasteiger partial charge in [-0.25, -0.2) is 23.9 Å². The number of hydrogen-bond acceptors (Lipinski definition) is 8. The van der Waals surface area contributed by atoms with Gasteiger partial charge >= 0.3 is 6.61 Å². The first-order valence-electron chi connectivity index (χ1n) is 12.7. The molecule has 4 aromatic rings. The maximum absolute atomic E-state index is 15.3. The van der Waals surface area contributed by atoms with Crippen LogP contribution in [0.1, 0.15) is 71.1 Å². The van der Waals surface area contributed by atoms with Crippen LogP contribution in [0.2, 0.25) is 0 Å². The van der Waals surface area contributed by atoms with E-state index in [1.54, 1.807) is 20.0 Å². The molecule has 0 spiro atoms. The summed E-state index contributed by atoms with van der Waals surface area (Å²) in [7, 11) is 1.63. The summed E-state index contributed by atoms with van der Waals surface area (Å²) in [5, 5.41) is 14.7. The van der Waals surface area contributed by atoms with E-state index in [0.717, 1.165) is 0 Å². The van der Waals surface area contributed by atoms with Gasteiger partial charge < -0.3 is 20.5 Å². The summed E-state index contributed by atoms with van der Waals surface area (Å²) < 4.78 is 48.1. The van der Waals surface area contributed by atoms with Crippen LogP contribution < -0.4 is 10.5 Å². The Morgan fingerprint density at radius 1 is 1.20 bits per heavy atom. The number of aliphatic hydroxyl groups is 1. The molecule has 1 fully saturated rings. The molecule has 4 heterocycles. The minimum absolute atomic E-state index is 0.0190. The Morgan fingerprint density at radius 3 is 2.60 bits per heavy atom. The second-order valence-corrected chi connectivity index (χ2v) is 11.1. The molecule has 3 aromatic heterocycles. The van der Waals surface area contributed by atoms with Crippen LogP contribution in [0.3, 0.4) is 0 Å². The summed E-state index contributed by atoms with van der Waals surface area (Å²) in [4.78, 5) is 28.1. The van der Waals surface area contributed by atoms with E-state index >= 15 is 4.39 Å². The molecule has 10 nitrogen and oxygen atoms in total. The molecule has 0 saturated heterocycles. The number of nitrogens with zero attached hydrogens (tertiary/aromatic N) is 6. The van der Waals surface area contributed by atoms with E-state index in [-0.39, 0.29) is 22.9 Å². The summed E-state index contributed by atoms with van der Waals surface area (Å²) >= 11 is 0. The fourth-order valence-corrected chi connectivity index (χ4v) is 6.62. The number of benzene rings is 1. The van der Waals surface area contributed by atoms with Crippen LogP contribution in [-0.2, 0) is 5.54 Å². The van der Waals surface area contributed by atoms with Crippen molar-refractivity contribution in [1.82, 2.24) is 29.5 Å². The maximum atomic E-state index is 15.3. The number of hydrogen-bond donors (Lipinski definition) is 2. The molecule has 1 saturated carbocycles. The number of halogens is 3. The number of nitrogens with two attached hydrogens (primary N) is 1. The van der Waals surface area contributed by atoms with Crippen LogP contribution in [0.5, 0.6) is 5.75 Å². The third-order valence-corrected chi connectivity index (χ3v) is 8.16. The van der Waals surface area contributed by atoms with E-state index < -0.39 is 35.5 Å². The van der Waals surface area contributed by atoms with E-state index in [1.165, 1.54) is 40.1 Å². The maximum Gasteiger partial charge on any atom is 0.387 e. The summed E-state index contributed by atoms with van der Waals surface area (Å²) in [6, 6.07) is 4.03. The van der Waals surface area contributed by atoms with Crippen LogP contribution >= 0.6 is 0 Å². The summed E-state index contributed by atoms with van der Waals surface area (Å²) in [5.74, 6) is -1.30. The van der Waals surface area contributed by atoms with Gasteiger partial charge in [0.25, 0.3) is 5.91 Å². The molecule has 2 atom stereocenters. The third kappa shape index (κ3) is 3.53. The van der Waals surface area contributed by atoms with Crippen molar-refractivity contribution in [2.24, 2.45) is 5.73 Å². The van der Waals surface area contributed by atoms with E-state index in [4.69, 9.17) is 10.5 Å². The largest absolute Gasteiger partial charge is 0.434 e. The van der Waals surface area contributed by atoms with Gasteiger partial charge in [0, 0.05) is 60.5 Å². The molecule has 3 aliphatic rings. The number of fused-ring (bicyclic) bond motifs is 9. The highest BCUT2D eigenvalue weighted by Gasteiger charge is 2.51. The number of carbonyl (C=O) groups is 1. The number of carbonyl (C=O) groups excluding carboxylic acids is 1. The fourth-order valence-electron chi connectivity index (χ4n) is 6.62. The molecule has 1 aliphatic heterocycles. The van der Waals surface area contributed by atoms with Crippen molar-refractivity contribution in [3.8, 4) is 17.0 Å². The van der Waals surface area contributed by atoms with Gasteiger partial charge in [0.1, 0.15) is 17.3 Å². The number of ether oxygens (including phenoxy) is 1. The zero-order valence-electron chi connectivity index (χ0n) is 21.5. The van der Waals surface area contributed by atoms with Gasteiger partial charge in [0.05, 0.1) is 29.1 Å². The zero-order chi connectivity index (χ0) is 28.1. The Balaban J connectivity index is 1.35. The lowest BCUT2D eigenvalue weighted by molar-refractivity contribution is -0.0769. The summed E-state index contributed by atoms with van der Waals surface area (Å²) in [6.07, 6.45) is 5.05. The number of amides is 1. The Labute approximate surface area is 225 Å². The van der Waals surface area contributed by atoms with Crippen LogP contribution in [-0.4, -0.2) is 59.7 Å². The number of aromatic nitrogens is 5. The van der Waals surface area contributed by atoms with E-state index in [1.807, 2.05) is 0 Å². The van der Waals surface area contributed by atoms with Crippen LogP contribution in [0, 0.1) is 5.82 Å². The molecular formula is C27H24F3N7O3. The molecule has 1 aromatic carbocycles. The molecular weight excluding hydrogens is 527 g/mol. The predicted molar refractivity (Wildman–Crippen MR) is 134 cm³/mol. The van der Waals surface area contributed by atoms with Crippen LogP contribution in [0.25, 0.3) is 16.9 Å². The van der Waals surface area contributed by atoms with E-state index in [0.29, 0.717) is 53.1 Å². The Bertz CT molecular complexity index is 1700. The van der Waals surface area contributed by atoms with Crippen molar-refractivity contribution in [2.75, 3.05) is 7.05 Å². The van der Waals surface area contributed by atoms with Gasteiger partial charge in [-0.3, -0.25) is 4.79 Å². The SMILES string of the molecule is CN1C(=O)c2cccc(OC(F)F)c2C2CC1c1nn3cc(F)c(-c4cnc(C5(N)CC(C)(O)C5)nc4)nc3c12. The second-order valence-electron chi connectivity index (χ2n) is 11.1. The number of alkyl halides is 2. The highest BCUT2D eigenvalue weighted by Crippen LogP contribution is 2.53. The third-order valence-electron chi connectivity index (χ3n) is 8.16. The highest BCUT2D eigenvalue weighted by atomic mass is 19.3. The quantitative estimate of drug-likeness (QED) is 0.395. The molecule has 2 aliphatic carbocycles. The van der Waals surface area contributed by atoms with E-state index in [2.05, 4.69) is 20.1 Å². The van der Waals surface area contributed by atoms with E-state index in [9.17, 15) is 18.7 Å². The standard InChI is InChI=1S/C27H24F3N7O3/c1-26(39)10-27(31,11-26)24-32-7-12(8-33-24)20-15(28)9-37-22(34-20)19-14-6-16(21(19)35-37)36(2)23(38)13-4-3-5-17(18(13)14)40-25(29)30/h3-5,7-9,14,16,25,39H,6,10-11,31H2,1-2H3. The molecule has 2 unspecified atom stereocenters. The summed E-state index contributed by atoms with van der Waals surface area (Å²) in [6.45, 7) is -1.39. The van der Waals surface area contributed by atoms with Crippen molar-refractivity contribution in [3.63, 3.8) is 0 Å². The minimum atomic E-state index is -3.08. The first-order chi connectivity index (χ1) is 19.0. The lowest BCUT2D eigenvalue weighted by Gasteiger charge is -2.48. The van der Waals surface area contributed by atoms with Crippen molar-refractivity contribution in [1.29, 1.82) is 0 Å². The van der Waals surface area contributed by atoms with Crippen molar-refractivity contribution in [3.05, 3.63) is 70.8 Å². The summed E-state index contributed by atoms with van der Waals surface area (Å²) in [5.41, 5.74) is 6.94. The van der Waals surface area contributed by atoms with Gasteiger partial charge in [0.15, 0.2) is 11.5 Å². The molecule has 2 bridgehead atoms. The number of rotatable bonds is 4. The van der Waals surface area contributed by atoms with Gasteiger partial charge in [-0.15, -0.1) is 0 Å². The Hall–Kier alpha value is -4.10. The van der Waals surface area contributed by atoms with Gasteiger partial charge in [-0.1, -0.05) is 6.07 Å². The molecule has 7 rings (SSSR count). The fraction of sp³-hybridized carbons (Fsp3) is 0.370. The van der Waals surface area contributed by atoms with Gasteiger partial charge in [-0.2, -0.15) is 13.9 Å². The van der Waals surface area contributed by atoms with Gasteiger partial charge in [-0.05, 0) is 25.5 Å².